The molecule has 0 aliphatic rings. The van der Waals surface area contributed by atoms with Crippen LogP contribution in [0.4, 0.5) is 11.4 Å². The first-order valence-electron chi connectivity index (χ1n) is 7.97. The molecule has 140 valence electrons. The fraction of sp³-hybridized carbons (Fsp3) is 0.111. The van der Waals surface area contributed by atoms with Gasteiger partial charge in [-0.2, -0.15) is 5.10 Å². The molecule has 0 aliphatic heterocycles. The van der Waals surface area contributed by atoms with Gasteiger partial charge in [-0.15, -0.1) is 0 Å². The quantitative estimate of drug-likeness (QED) is 0.678. The molecule has 27 heavy (non-hydrogen) atoms. The van der Waals surface area contributed by atoms with Gasteiger partial charge in [-0.05, 0) is 48.5 Å². The maximum Gasteiger partial charge on any atom is 0.261 e. The van der Waals surface area contributed by atoms with Gasteiger partial charge in [-0.1, -0.05) is 0 Å². The van der Waals surface area contributed by atoms with Crippen LogP contribution in [0.25, 0.3) is 5.69 Å². The number of aromatic nitrogens is 2. The number of rotatable bonds is 6. The number of benzene rings is 2. The van der Waals surface area contributed by atoms with E-state index in [4.69, 9.17) is 4.74 Å². The number of carbonyl (C=O) groups is 1. The van der Waals surface area contributed by atoms with Crippen LogP contribution in [0.3, 0.4) is 0 Å². The summed E-state index contributed by atoms with van der Waals surface area (Å²) in [6.45, 7) is 1.33. The Bertz CT molecular complexity index is 1050. The van der Waals surface area contributed by atoms with E-state index in [0.29, 0.717) is 11.4 Å². The molecule has 8 nitrogen and oxygen atoms in total. The lowest BCUT2D eigenvalue weighted by Crippen LogP contribution is -2.14. The van der Waals surface area contributed by atoms with E-state index in [1.807, 2.05) is 0 Å². The molecule has 0 spiro atoms. The second-order valence-corrected chi connectivity index (χ2v) is 7.33. The van der Waals surface area contributed by atoms with Gasteiger partial charge in [0.25, 0.3) is 10.0 Å². The molecule has 0 fully saturated rings. The molecule has 0 unspecified atom stereocenters. The van der Waals surface area contributed by atoms with Crippen LogP contribution in [0.2, 0.25) is 0 Å². The molecule has 3 aromatic rings. The second kappa shape index (κ2) is 7.50. The van der Waals surface area contributed by atoms with E-state index < -0.39 is 10.0 Å². The zero-order valence-electron chi connectivity index (χ0n) is 14.7. The van der Waals surface area contributed by atoms with E-state index in [1.165, 1.54) is 32.2 Å². The lowest BCUT2D eigenvalue weighted by molar-refractivity contribution is -0.114. The van der Waals surface area contributed by atoms with E-state index in [0.717, 1.165) is 5.69 Å². The SMILES string of the molecule is COc1ccc(S(=O)(=O)Nc2ccc(-n3cccn3)cc2)cc1NC(C)=O. The zero-order valence-corrected chi connectivity index (χ0v) is 15.5. The third kappa shape index (κ3) is 4.26. The Kier molecular flexibility index (Phi) is 5.13. The van der Waals surface area contributed by atoms with Crippen LogP contribution in [-0.2, 0) is 14.8 Å². The highest BCUT2D eigenvalue weighted by Gasteiger charge is 2.17. The second-order valence-electron chi connectivity index (χ2n) is 5.65. The smallest absolute Gasteiger partial charge is 0.261 e. The van der Waals surface area contributed by atoms with Crippen LogP contribution in [0.15, 0.2) is 65.8 Å². The molecule has 0 bridgehead atoms. The summed E-state index contributed by atoms with van der Waals surface area (Å²) in [4.78, 5) is 11.3. The largest absolute Gasteiger partial charge is 0.495 e. The predicted molar refractivity (Wildman–Crippen MR) is 102 cm³/mol. The highest BCUT2D eigenvalue weighted by Crippen LogP contribution is 2.28. The zero-order chi connectivity index (χ0) is 19.4. The van der Waals surface area contributed by atoms with Gasteiger partial charge >= 0.3 is 0 Å². The fourth-order valence-corrected chi connectivity index (χ4v) is 3.54. The molecule has 3 rings (SSSR count). The van der Waals surface area contributed by atoms with Crippen LogP contribution in [0.1, 0.15) is 6.92 Å². The van der Waals surface area contributed by atoms with Crippen LogP contribution in [0.5, 0.6) is 5.75 Å². The van der Waals surface area contributed by atoms with Crippen LogP contribution >= 0.6 is 0 Å². The average Bonchev–Trinajstić information content (AvgIpc) is 3.16. The van der Waals surface area contributed by atoms with Crippen molar-refractivity contribution in [3.8, 4) is 11.4 Å². The van der Waals surface area contributed by atoms with Crippen molar-refractivity contribution < 1.29 is 17.9 Å². The Morgan fingerprint density at radius 2 is 1.89 bits per heavy atom. The van der Waals surface area contributed by atoms with Crippen molar-refractivity contribution in [1.29, 1.82) is 0 Å². The van der Waals surface area contributed by atoms with E-state index in [1.54, 1.807) is 47.4 Å². The summed E-state index contributed by atoms with van der Waals surface area (Å²) in [5.41, 5.74) is 1.49. The summed E-state index contributed by atoms with van der Waals surface area (Å²) < 4.78 is 34.7. The number of hydrogen-bond acceptors (Lipinski definition) is 5. The van der Waals surface area contributed by atoms with E-state index >= 15 is 0 Å². The summed E-state index contributed by atoms with van der Waals surface area (Å²) in [6, 6.07) is 12.8. The lowest BCUT2D eigenvalue weighted by Gasteiger charge is -2.13. The Morgan fingerprint density at radius 3 is 2.48 bits per heavy atom. The maximum atomic E-state index is 12.7. The minimum Gasteiger partial charge on any atom is -0.495 e. The van der Waals surface area contributed by atoms with E-state index in [2.05, 4.69) is 15.1 Å². The number of carbonyl (C=O) groups excluding carboxylic acids is 1. The maximum absolute atomic E-state index is 12.7. The van der Waals surface area contributed by atoms with Crippen molar-refractivity contribution in [2.45, 2.75) is 11.8 Å². The van der Waals surface area contributed by atoms with Crippen LogP contribution in [-0.4, -0.2) is 31.2 Å². The molecule has 1 heterocycles. The molecular formula is C18H18N4O4S. The molecule has 1 amide bonds. The van der Waals surface area contributed by atoms with Crippen molar-refractivity contribution in [3.05, 3.63) is 60.9 Å². The Labute approximate surface area is 156 Å². The van der Waals surface area contributed by atoms with Gasteiger partial charge in [-0.3, -0.25) is 9.52 Å². The predicted octanol–water partition coefficient (Wildman–Crippen LogP) is 2.64. The monoisotopic (exact) mass is 386 g/mol. The average molecular weight is 386 g/mol. The van der Waals surface area contributed by atoms with Gasteiger partial charge in [0, 0.05) is 25.0 Å². The van der Waals surface area contributed by atoms with Gasteiger partial charge in [0.2, 0.25) is 5.91 Å². The number of nitrogens with zero attached hydrogens (tertiary/aromatic N) is 2. The number of nitrogens with one attached hydrogen (secondary N) is 2. The van der Waals surface area contributed by atoms with Gasteiger partial charge in [0.15, 0.2) is 0 Å². The Morgan fingerprint density at radius 1 is 1.15 bits per heavy atom. The minimum absolute atomic E-state index is 0.00297. The Hall–Kier alpha value is -3.33. The van der Waals surface area contributed by atoms with Gasteiger partial charge in [-0.25, -0.2) is 13.1 Å². The summed E-state index contributed by atoms with van der Waals surface area (Å²) in [5, 5.41) is 6.68. The Balaban J connectivity index is 1.85. The van der Waals surface area contributed by atoms with Crippen LogP contribution < -0.4 is 14.8 Å². The lowest BCUT2D eigenvalue weighted by atomic mass is 10.3. The molecule has 1 aromatic heterocycles. The molecular weight excluding hydrogens is 368 g/mol. The standard InChI is InChI=1S/C18H18N4O4S/c1-13(23)20-17-12-16(8-9-18(17)26-2)27(24,25)21-14-4-6-15(7-5-14)22-11-3-10-19-22/h3-12,21H,1-2H3,(H,20,23). The molecule has 2 aromatic carbocycles. The van der Waals surface area contributed by atoms with Gasteiger partial charge in [0.1, 0.15) is 5.75 Å². The fourth-order valence-electron chi connectivity index (χ4n) is 2.46. The normalized spacial score (nSPS) is 11.0. The summed E-state index contributed by atoms with van der Waals surface area (Å²) in [5.74, 6) is 0.0396. The van der Waals surface area contributed by atoms with Gasteiger partial charge < -0.3 is 10.1 Å². The number of ether oxygens (including phenoxy) is 1. The summed E-state index contributed by atoms with van der Waals surface area (Å²) in [7, 11) is -2.40. The first-order valence-corrected chi connectivity index (χ1v) is 9.46. The first kappa shape index (κ1) is 18.5. The molecule has 0 saturated carbocycles. The molecule has 0 saturated heterocycles. The highest BCUT2D eigenvalue weighted by molar-refractivity contribution is 7.92. The number of anilines is 2. The van der Waals surface area contributed by atoms with Crippen molar-refractivity contribution in [2.24, 2.45) is 0 Å². The number of hydrogen-bond donors (Lipinski definition) is 2. The summed E-state index contributed by atoms with van der Waals surface area (Å²) in [6.07, 6.45) is 3.45. The van der Waals surface area contributed by atoms with Crippen molar-refractivity contribution >= 4 is 27.3 Å². The molecule has 0 atom stereocenters. The van der Waals surface area contributed by atoms with Gasteiger partial charge in [0.05, 0.1) is 23.4 Å². The number of amides is 1. The molecule has 2 N–H and O–H groups in total. The third-order valence-electron chi connectivity index (χ3n) is 3.68. The highest BCUT2D eigenvalue weighted by atomic mass is 32.2. The molecule has 0 radical (unpaired) electrons. The number of sulfonamides is 1. The first-order chi connectivity index (χ1) is 12.9. The van der Waals surface area contributed by atoms with Crippen molar-refractivity contribution in [1.82, 2.24) is 9.78 Å². The van der Waals surface area contributed by atoms with Crippen molar-refractivity contribution in [2.75, 3.05) is 17.1 Å². The van der Waals surface area contributed by atoms with E-state index in [-0.39, 0.29) is 16.5 Å². The summed E-state index contributed by atoms with van der Waals surface area (Å²) >= 11 is 0. The number of methoxy groups -OCH3 is 1. The molecule has 0 aliphatic carbocycles. The van der Waals surface area contributed by atoms with E-state index in [9.17, 15) is 13.2 Å². The third-order valence-corrected chi connectivity index (χ3v) is 5.06. The minimum atomic E-state index is -3.84. The van der Waals surface area contributed by atoms with Crippen molar-refractivity contribution in [3.63, 3.8) is 0 Å². The van der Waals surface area contributed by atoms with Crippen LogP contribution in [0, 0.1) is 0 Å². The topological polar surface area (TPSA) is 102 Å². The molecule has 9 heteroatoms.